The van der Waals surface area contributed by atoms with Crippen molar-refractivity contribution in [2.75, 3.05) is 18.1 Å². The van der Waals surface area contributed by atoms with Gasteiger partial charge in [0.05, 0.1) is 18.7 Å². The molecule has 1 aliphatic heterocycles. The average molecular weight is 268 g/mol. The summed E-state index contributed by atoms with van der Waals surface area (Å²) in [6, 6.07) is -0.0863. The second-order valence-corrected chi connectivity index (χ2v) is 3.97. The summed E-state index contributed by atoms with van der Waals surface area (Å²) in [6.07, 6.45) is 1.04. The van der Waals surface area contributed by atoms with Gasteiger partial charge >= 0.3 is 18.0 Å². The van der Waals surface area contributed by atoms with Gasteiger partial charge in [-0.2, -0.15) is 0 Å². The SMILES string of the molecule is CCOC(=O)c1cnc(N2CC(C(=O)O)CC2=O)o1. The van der Waals surface area contributed by atoms with Crippen LogP contribution < -0.4 is 4.90 Å². The molecule has 0 aromatic carbocycles. The number of aliphatic carboxylic acids is 1. The zero-order chi connectivity index (χ0) is 14.0. The van der Waals surface area contributed by atoms with Gasteiger partial charge in [-0.3, -0.25) is 14.5 Å². The lowest BCUT2D eigenvalue weighted by atomic mass is 10.1. The molecule has 8 nitrogen and oxygen atoms in total. The molecule has 0 saturated carbocycles. The Morgan fingerprint density at radius 1 is 1.63 bits per heavy atom. The molecule has 1 N–H and O–H groups in total. The average Bonchev–Trinajstić information content (AvgIpc) is 2.95. The molecule has 1 unspecified atom stereocenters. The number of amides is 1. The number of carboxylic acid groups (broad SMARTS) is 1. The minimum absolute atomic E-state index is 0.0169. The number of esters is 1. The fourth-order valence-corrected chi connectivity index (χ4v) is 1.74. The largest absolute Gasteiger partial charge is 0.481 e. The number of carbonyl (C=O) groups is 3. The molecule has 1 atom stereocenters. The highest BCUT2D eigenvalue weighted by Crippen LogP contribution is 2.25. The molecule has 2 rings (SSSR count). The molecule has 1 aromatic heterocycles. The van der Waals surface area contributed by atoms with Crippen molar-refractivity contribution in [1.82, 2.24) is 4.98 Å². The first-order chi connectivity index (χ1) is 9.02. The van der Waals surface area contributed by atoms with E-state index < -0.39 is 23.8 Å². The van der Waals surface area contributed by atoms with Crippen molar-refractivity contribution in [1.29, 1.82) is 0 Å². The lowest BCUT2D eigenvalue weighted by Crippen LogP contribution is -2.26. The van der Waals surface area contributed by atoms with Crippen LogP contribution in [-0.2, 0) is 14.3 Å². The van der Waals surface area contributed by atoms with Gasteiger partial charge in [0.25, 0.3) is 0 Å². The van der Waals surface area contributed by atoms with Crippen LogP contribution in [0.2, 0.25) is 0 Å². The van der Waals surface area contributed by atoms with Crippen molar-refractivity contribution >= 4 is 23.9 Å². The quantitative estimate of drug-likeness (QED) is 0.781. The number of ether oxygens (including phenoxy) is 1. The molecule has 0 radical (unpaired) electrons. The fourth-order valence-electron chi connectivity index (χ4n) is 1.74. The zero-order valence-corrected chi connectivity index (χ0v) is 10.2. The van der Waals surface area contributed by atoms with E-state index in [0.29, 0.717) is 0 Å². The maximum absolute atomic E-state index is 11.6. The molecule has 0 bridgehead atoms. The molecule has 0 aliphatic carbocycles. The number of anilines is 1. The molecule has 102 valence electrons. The van der Waals surface area contributed by atoms with E-state index in [4.69, 9.17) is 14.3 Å². The van der Waals surface area contributed by atoms with Gasteiger partial charge in [-0.1, -0.05) is 0 Å². The van der Waals surface area contributed by atoms with Gasteiger partial charge in [-0.05, 0) is 6.92 Å². The van der Waals surface area contributed by atoms with Gasteiger partial charge in [-0.15, -0.1) is 0 Å². The van der Waals surface area contributed by atoms with Gasteiger partial charge in [0.2, 0.25) is 11.7 Å². The third-order valence-electron chi connectivity index (χ3n) is 2.68. The predicted octanol–water partition coefficient (Wildman–Crippen LogP) is 0.289. The number of oxazole rings is 1. The monoisotopic (exact) mass is 268 g/mol. The molecule has 0 spiro atoms. The summed E-state index contributed by atoms with van der Waals surface area (Å²) in [7, 11) is 0. The van der Waals surface area contributed by atoms with E-state index in [1.807, 2.05) is 0 Å². The molecule has 1 aliphatic rings. The van der Waals surface area contributed by atoms with E-state index in [-0.39, 0.29) is 31.3 Å². The minimum atomic E-state index is -1.05. The molecular formula is C11H12N2O6. The van der Waals surface area contributed by atoms with E-state index in [1.54, 1.807) is 6.92 Å². The summed E-state index contributed by atoms with van der Waals surface area (Å²) < 4.78 is 9.83. The van der Waals surface area contributed by atoms with Gasteiger partial charge < -0.3 is 14.3 Å². The maximum Gasteiger partial charge on any atom is 0.376 e. The number of carbonyl (C=O) groups excluding carboxylic acids is 2. The predicted molar refractivity (Wildman–Crippen MR) is 60.6 cm³/mol. The number of hydrogen-bond acceptors (Lipinski definition) is 6. The fraction of sp³-hybridized carbons (Fsp3) is 0.455. The van der Waals surface area contributed by atoms with Gasteiger partial charge in [0.1, 0.15) is 0 Å². The van der Waals surface area contributed by atoms with Crippen molar-refractivity contribution in [3.8, 4) is 0 Å². The Labute approximate surface area is 108 Å². The summed E-state index contributed by atoms with van der Waals surface area (Å²) in [6.45, 7) is 1.83. The summed E-state index contributed by atoms with van der Waals surface area (Å²) in [4.78, 5) is 38.7. The third-order valence-corrected chi connectivity index (χ3v) is 2.68. The van der Waals surface area contributed by atoms with Crippen molar-refractivity contribution in [3.05, 3.63) is 12.0 Å². The number of aromatic nitrogens is 1. The first-order valence-corrected chi connectivity index (χ1v) is 5.69. The Hall–Kier alpha value is -2.38. The topological polar surface area (TPSA) is 110 Å². The molecule has 1 aromatic rings. The highest BCUT2D eigenvalue weighted by atomic mass is 16.5. The van der Waals surface area contributed by atoms with Crippen LogP contribution in [0, 0.1) is 5.92 Å². The van der Waals surface area contributed by atoms with Crippen molar-refractivity contribution in [2.24, 2.45) is 5.92 Å². The summed E-state index contributed by atoms with van der Waals surface area (Å²) in [5, 5.41) is 8.86. The lowest BCUT2D eigenvalue weighted by molar-refractivity contribution is -0.141. The highest BCUT2D eigenvalue weighted by molar-refractivity contribution is 5.98. The van der Waals surface area contributed by atoms with Gasteiger partial charge in [-0.25, -0.2) is 9.78 Å². The Morgan fingerprint density at radius 3 is 2.95 bits per heavy atom. The summed E-state index contributed by atoms with van der Waals surface area (Å²) in [5.74, 6) is -3.03. The van der Waals surface area contributed by atoms with E-state index in [2.05, 4.69) is 4.98 Å². The minimum Gasteiger partial charge on any atom is -0.481 e. The lowest BCUT2D eigenvalue weighted by Gasteiger charge is -2.09. The van der Waals surface area contributed by atoms with Crippen LogP contribution in [0.3, 0.4) is 0 Å². The Kier molecular flexibility index (Phi) is 3.50. The molecule has 8 heteroatoms. The molecule has 1 fully saturated rings. The molecule has 19 heavy (non-hydrogen) atoms. The smallest absolute Gasteiger partial charge is 0.376 e. The molecule has 1 saturated heterocycles. The van der Waals surface area contributed by atoms with E-state index in [1.165, 1.54) is 0 Å². The number of carboxylic acids is 1. The van der Waals surface area contributed by atoms with Crippen molar-refractivity contribution in [3.63, 3.8) is 0 Å². The Balaban J connectivity index is 2.13. The van der Waals surface area contributed by atoms with Crippen LogP contribution in [0.4, 0.5) is 6.01 Å². The Bertz CT molecular complexity index is 523. The summed E-state index contributed by atoms with van der Waals surface area (Å²) >= 11 is 0. The maximum atomic E-state index is 11.6. The molecular weight excluding hydrogens is 256 g/mol. The normalized spacial score (nSPS) is 18.7. The first kappa shape index (κ1) is 13.1. The van der Waals surface area contributed by atoms with Gasteiger partial charge in [0, 0.05) is 13.0 Å². The number of nitrogens with zero attached hydrogens (tertiary/aromatic N) is 2. The number of rotatable bonds is 4. The summed E-state index contributed by atoms with van der Waals surface area (Å²) in [5.41, 5.74) is 0. The zero-order valence-electron chi connectivity index (χ0n) is 10.2. The van der Waals surface area contributed by atoms with E-state index in [9.17, 15) is 14.4 Å². The molecule has 2 heterocycles. The second kappa shape index (κ2) is 5.09. The van der Waals surface area contributed by atoms with Crippen LogP contribution in [-0.4, -0.2) is 41.1 Å². The second-order valence-electron chi connectivity index (χ2n) is 3.97. The van der Waals surface area contributed by atoms with E-state index >= 15 is 0 Å². The van der Waals surface area contributed by atoms with Crippen LogP contribution in [0.5, 0.6) is 0 Å². The van der Waals surface area contributed by atoms with Crippen LogP contribution in [0.1, 0.15) is 23.9 Å². The van der Waals surface area contributed by atoms with Gasteiger partial charge in [0.15, 0.2) is 0 Å². The standard InChI is InChI=1S/C11H12N2O6/c1-2-18-10(17)7-4-12-11(19-7)13-5-6(9(15)16)3-8(13)14/h4,6H,2-3,5H2,1H3,(H,15,16). The van der Waals surface area contributed by atoms with Crippen molar-refractivity contribution < 1.29 is 28.6 Å². The highest BCUT2D eigenvalue weighted by Gasteiger charge is 2.37. The van der Waals surface area contributed by atoms with Crippen LogP contribution in [0.25, 0.3) is 0 Å². The first-order valence-electron chi connectivity index (χ1n) is 5.69. The van der Waals surface area contributed by atoms with Crippen molar-refractivity contribution in [2.45, 2.75) is 13.3 Å². The Morgan fingerprint density at radius 2 is 2.37 bits per heavy atom. The third kappa shape index (κ3) is 2.56. The van der Waals surface area contributed by atoms with Crippen LogP contribution in [0.15, 0.2) is 10.6 Å². The van der Waals surface area contributed by atoms with Crippen LogP contribution >= 0.6 is 0 Å². The van der Waals surface area contributed by atoms with E-state index in [0.717, 1.165) is 11.1 Å². The number of hydrogen-bond donors (Lipinski definition) is 1. The molecule has 1 amide bonds.